The topological polar surface area (TPSA) is 38.5 Å². The summed E-state index contributed by atoms with van der Waals surface area (Å²) in [4.78, 5) is 2.40. The SMILES string of the molecule is COC1CCCN(c2ccc(CCN)cc2Br)C1. The highest BCUT2D eigenvalue weighted by Gasteiger charge is 2.21. The Labute approximate surface area is 117 Å². The Bertz CT molecular complexity index is 397. The molecule has 0 saturated carbocycles. The number of ether oxygens (including phenoxy) is 1. The summed E-state index contributed by atoms with van der Waals surface area (Å²) in [6.45, 7) is 2.78. The molecule has 18 heavy (non-hydrogen) atoms. The van der Waals surface area contributed by atoms with Crippen molar-refractivity contribution in [1.82, 2.24) is 0 Å². The van der Waals surface area contributed by atoms with Gasteiger partial charge in [-0.15, -0.1) is 0 Å². The maximum absolute atomic E-state index is 5.59. The van der Waals surface area contributed by atoms with Crippen molar-refractivity contribution in [2.75, 3.05) is 31.6 Å². The lowest BCUT2D eigenvalue weighted by atomic mass is 10.1. The van der Waals surface area contributed by atoms with Gasteiger partial charge in [0, 0.05) is 24.7 Å². The first-order chi connectivity index (χ1) is 8.74. The van der Waals surface area contributed by atoms with Crippen LogP contribution in [0.1, 0.15) is 18.4 Å². The van der Waals surface area contributed by atoms with E-state index in [1.807, 2.05) is 0 Å². The molecular formula is C14H21BrN2O. The summed E-state index contributed by atoms with van der Waals surface area (Å²) >= 11 is 3.67. The van der Waals surface area contributed by atoms with Crippen LogP contribution in [0, 0.1) is 0 Å². The molecule has 1 aliphatic heterocycles. The molecular weight excluding hydrogens is 292 g/mol. The first-order valence-electron chi connectivity index (χ1n) is 6.51. The fraction of sp³-hybridized carbons (Fsp3) is 0.571. The fourth-order valence-corrected chi connectivity index (χ4v) is 3.16. The third-order valence-corrected chi connectivity index (χ3v) is 4.13. The van der Waals surface area contributed by atoms with E-state index in [0.29, 0.717) is 12.6 Å². The summed E-state index contributed by atoms with van der Waals surface area (Å²) < 4.78 is 6.63. The van der Waals surface area contributed by atoms with Crippen LogP contribution in [0.2, 0.25) is 0 Å². The van der Waals surface area contributed by atoms with Crippen LogP contribution in [0.25, 0.3) is 0 Å². The van der Waals surface area contributed by atoms with Gasteiger partial charge in [0.25, 0.3) is 0 Å². The molecule has 1 aromatic carbocycles. The summed E-state index contributed by atoms with van der Waals surface area (Å²) in [5, 5.41) is 0. The van der Waals surface area contributed by atoms with Crippen molar-refractivity contribution in [2.24, 2.45) is 5.73 Å². The van der Waals surface area contributed by atoms with Crippen LogP contribution in [-0.2, 0) is 11.2 Å². The summed E-state index contributed by atoms with van der Waals surface area (Å²) in [6, 6.07) is 6.54. The van der Waals surface area contributed by atoms with Crippen molar-refractivity contribution in [2.45, 2.75) is 25.4 Å². The van der Waals surface area contributed by atoms with Crippen LogP contribution in [-0.4, -0.2) is 32.8 Å². The van der Waals surface area contributed by atoms with Gasteiger partial charge in [-0.1, -0.05) is 6.07 Å². The monoisotopic (exact) mass is 312 g/mol. The largest absolute Gasteiger partial charge is 0.380 e. The summed E-state index contributed by atoms with van der Waals surface area (Å²) in [6.07, 6.45) is 3.64. The van der Waals surface area contributed by atoms with Crippen molar-refractivity contribution in [3.63, 3.8) is 0 Å². The predicted octanol–water partition coefficient (Wildman–Crippen LogP) is 2.57. The van der Waals surface area contributed by atoms with E-state index in [4.69, 9.17) is 10.5 Å². The molecule has 3 nitrogen and oxygen atoms in total. The number of anilines is 1. The molecule has 0 spiro atoms. The number of methoxy groups -OCH3 is 1. The molecule has 1 heterocycles. The molecule has 0 amide bonds. The van der Waals surface area contributed by atoms with E-state index in [2.05, 4.69) is 39.0 Å². The Morgan fingerprint density at radius 2 is 2.33 bits per heavy atom. The molecule has 2 rings (SSSR count). The Morgan fingerprint density at radius 1 is 1.50 bits per heavy atom. The molecule has 1 aromatic rings. The lowest BCUT2D eigenvalue weighted by Crippen LogP contribution is -2.39. The number of hydrogen-bond acceptors (Lipinski definition) is 3. The van der Waals surface area contributed by atoms with Crippen molar-refractivity contribution in [3.8, 4) is 0 Å². The minimum atomic E-state index is 0.356. The summed E-state index contributed by atoms with van der Waals surface area (Å²) in [5.74, 6) is 0. The Morgan fingerprint density at radius 3 is 3.00 bits per heavy atom. The first-order valence-corrected chi connectivity index (χ1v) is 7.30. The lowest BCUT2D eigenvalue weighted by molar-refractivity contribution is 0.0893. The molecule has 0 bridgehead atoms. The molecule has 1 fully saturated rings. The smallest absolute Gasteiger partial charge is 0.0746 e. The molecule has 0 aliphatic carbocycles. The standard InChI is InChI=1S/C14H21BrN2O/c1-18-12-3-2-8-17(10-12)14-5-4-11(6-7-16)9-13(14)15/h4-5,9,12H,2-3,6-8,10,16H2,1H3. The Hall–Kier alpha value is -0.580. The number of benzene rings is 1. The number of rotatable bonds is 4. The van der Waals surface area contributed by atoms with Gasteiger partial charge in [-0.2, -0.15) is 0 Å². The average molecular weight is 313 g/mol. The molecule has 100 valence electrons. The lowest BCUT2D eigenvalue weighted by Gasteiger charge is -2.34. The van der Waals surface area contributed by atoms with Gasteiger partial charge in [0.1, 0.15) is 0 Å². The van der Waals surface area contributed by atoms with Gasteiger partial charge in [0.05, 0.1) is 11.8 Å². The van der Waals surface area contributed by atoms with Gasteiger partial charge in [0.15, 0.2) is 0 Å². The Balaban J connectivity index is 2.12. The highest BCUT2D eigenvalue weighted by atomic mass is 79.9. The quantitative estimate of drug-likeness (QED) is 0.928. The molecule has 1 aliphatic rings. The van der Waals surface area contributed by atoms with Gasteiger partial charge in [-0.05, 0) is 59.4 Å². The number of piperidine rings is 1. The molecule has 0 radical (unpaired) electrons. The zero-order valence-electron chi connectivity index (χ0n) is 10.9. The molecule has 4 heteroatoms. The fourth-order valence-electron chi connectivity index (χ4n) is 2.48. The number of nitrogens with two attached hydrogens (primary N) is 1. The zero-order valence-corrected chi connectivity index (χ0v) is 12.4. The second kappa shape index (κ2) is 6.55. The van der Waals surface area contributed by atoms with E-state index in [1.165, 1.54) is 17.7 Å². The van der Waals surface area contributed by atoms with Crippen LogP contribution in [0.15, 0.2) is 22.7 Å². The van der Waals surface area contributed by atoms with Crippen molar-refractivity contribution in [3.05, 3.63) is 28.2 Å². The van der Waals surface area contributed by atoms with E-state index in [9.17, 15) is 0 Å². The van der Waals surface area contributed by atoms with E-state index in [0.717, 1.165) is 30.4 Å². The number of hydrogen-bond donors (Lipinski definition) is 1. The van der Waals surface area contributed by atoms with Gasteiger partial charge in [-0.25, -0.2) is 0 Å². The van der Waals surface area contributed by atoms with Crippen molar-refractivity contribution < 1.29 is 4.74 Å². The van der Waals surface area contributed by atoms with Crippen LogP contribution in [0.4, 0.5) is 5.69 Å². The summed E-state index contributed by atoms with van der Waals surface area (Å²) in [7, 11) is 1.80. The minimum Gasteiger partial charge on any atom is -0.380 e. The van der Waals surface area contributed by atoms with Gasteiger partial charge >= 0.3 is 0 Å². The molecule has 1 atom stereocenters. The normalized spacial score (nSPS) is 20.2. The maximum atomic E-state index is 5.59. The van der Waals surface area contributed by atoms with Gasteiger partial charge in [-0.3, -0.25) is 0 Å². The highest BCUT2D eigenvalue weighted by Crippen LogP contribution is 2.30. The highest BCUT2D eigenvalue weighted by molar-refractivity contribution is 9.10. The molecule has 1 unspecified atom stereocenters. The van der Waals surface area contributed by atoms with Crippen LogP contribution in [0.3, 0.4) is 0 Å². The van der Waals surface area contributed by atoms with Crippen LogP contribution >= 0.6 is 15.9 Å². The van der Waals surface area contributed by atoms with Crippen molar-refractivity contribution in [1.29, 1.82) is 0 Å². The van der Waals surface area contributed by atoms with E-state index >= 15 is 0 Å². The van der Waals surface area contributed by atoms with E-state index < -0.39 is 0 Å². The Kier molecular flexibility index (Phi) is 5.03. The molecule has 0 aromatic heterocycles. The zero-order chi connectivity index (χ0) is 13.0. The van der Waals surface area contributed by atoms with Crippen molar-refractivity contribution >= 4 is 21.6 Å². The van der Waals surface area contributed by atoms with Crippen LogP contribution in [0.5, 0.6) is 0 Å². The van der Waals surface area contributed by atoms with E-state index in [1.54, 1.807) is 7.11 Å². The van der Waals surface area contributed by atoms with E-state index in [-0.39, 0.29) is 0 Å². The van der Waals surface area contributed by atoms with Crippen LogP contribution < -0.4 is 10.6 Å². The summed E-state index contributed by atoms with van der Waals surface area (Å²) in [5.41, 5.74) is 8.13. The average Bonchev–Trinajstić information content (AvgIpc) is 2.39. The van der Waals surface area contributed by atoms with Gasteiger partial charge in [0.2, 0.25) is 0 Å². The third kappa shape index (κ3) is 3.25. The molecule has 2 N–H and O–H groups in total. The second-order valence-corrected chi connectivity index (χ2v) is 5.62. The molecule has 1 saturated heterocycles. The van der Waals surface area contributed by atoms with Gasteiger partial charge < -0.3 is 15.4 Å². The first kappa shape index (κ1) is 13.8. The predicted molar refractivity (Wildman–Crippen MR) is 79.1 cm³/mol. The number of halogens is 1. The maximum Gasteiger partial charge on any atom is 0.0746 e. The number of nitrogens with zero attached hydrogens (tertiary/aromatic N) is 1. The second-order valence-electron chi connectivity index (χ2n) is 4.77. The minimum absolute atomic E-state index is 0.356. The third-order valence-electron chi connectivity index (χ3n) is 3.50.